The van der Waals surface area contributed by atoms with Gasteiger partial charge in [-0.05, 0) is 45.4 Å². The molecule has 0 saturated heterocycles. The molecule has 0 aliphatic carbocycles. The number of benzene rings is 1. The molecule has 0 aromatic heterocycles. The summed E-state index contributed by atoms with van der Waals surface area (Å²) >= 11 is 0. The predicted molar refractivity (Wildman–Crippen MR) is 70.9 cm³/mol. The van der Waals surface area contributed by atoms with Crippen molar-refractivity contribution in [3.05, 3.63) is 23.8 Å². The summed E-state index contributed by atoms with van der Waals surface area (Å²) in [6, 6.07) is 4.17. The van der Waals surface area contributed by atoms with Gasteiger partial charge in [0.1, 0.15) is 10.5 Å². The molecule has 0 heterocycles. The topological polar surface area (TPSA) is 92.7 Å². The van der Waals surface area contributed by atoms with Gasteiger partial charge in [0, 0.05) is 0 Å². The number of nitrogens with one attached hydrogen (secondary N) is 1. The van der Waals surface area contributed by atoms with E-state index in [-0.39, 0.29) is 10.6 Å². The number of hydrogen-bond acceptors (Lipinski definition) is 4. The van der Waals surface area contributed by atoms with Crippen LogP contribution in [0.25, 0.3) is 0 Å². The SMILES string of the molecule is Cc1ccc(S(=O)(=O)O)c(NC(=O)OC(C)(C)C)c1. The van der Waals surface area contributed by atoms with Crippen molar-refractivity contribution in [2.75, 3.05) is 5.32 Å². The van der Waals surface area contributed by atoms with Gasteiger partial charge in [0.15, 0.2) is 0 Å². The predicted octanol–water partition coefficient (Wildman–Crippen LogP) is 2.59. The molecule has 106 valence electrons. The van der Waals surface area contributed by atoms with Crippen molar-refractivity contribution < 1.29 is 22.5 Å². The van der Waals surface area contributed by atoms with Gasteiger partial charge in [0.2, 0.25) is 0 Å². The van der Waals surface area contributed by atoms with Gasteiger partial charge in [-0.1, -0.05) is 6.07 Å². The second-order valence-corrected chi connectivity index (χ2v) is 6.49. The Kier molecular flexibility index (Phi) is 4.21. The molecule has 0 fully saturated rings. The van der Waals surface area contributed by atoms with E-state index in [0.717, 1.165) is 5.56 Å². The van der Waals surface area contributed by atoms with E-state index in [1.807, 2.05) is 0 Å². The Morgan fingerprint density at radius 1 is 1.32 bits per heavy atom. The lowest BCUT2D eigenvalue weighted by Gasteiger charge is -2.20. The van der Waals surface area contributed by atoms with Crippen LogP contribution in [0, 0.1) is 6.92 Å². The number of carbonyl (C=O) groups is 1. The molecule has 19 heavy (non-hydrogen) atoms. The van der Waals surface area contributed by atoms with Gasteiger partial charge < -0.3 is 4.74 Å². The van der Waals surface area contributed by atoms with Gasteiger partial charge in [-0.25, -0.2) is 4.79 Å². The van der Waals surface area contributed by atoms with Crippen molar-refractivity contribution in [1.82, 2.24) is 0 Å². The van der Waals surface area contributed by atoms with Gasteiger partial charge in [-0.3, -0.25) is 9.87 Å². The van der Waals surface area contributed by atoms with Crippen LogP contribution in [-0.2, 0) is 14.9 Å². The van der Waals surface area contributed by atoms with Gasteiger partial charge in [-0.15, -0.1) is 0 Å². The highest BCUT2D eigenvalue weighted by atomic mass is 32.2. The Morgan fingerprint density at radius 3 is 2.37 bits per heavy atom. The number of hydrogen-bond donors (Lipinski definition) is 2. The van der Waals surface area contributed by atoms with Crippen molar-refractivity contribution in [2.24, 2.45) is 0 Å². The van der Waals surface area contributed by atoms with E-state index >= 15 is 0 Å². The molecular formula is C12H17NO5S. The first kappa shape index (κ1) is 15.5. The van der Waals surface area contributed by atoms with E-state index in [4.69, 9.17) is 9.29 Å². The van der Waals surface area contributed by atoms with Crippen LogP contribution in [0.4, 0.5) is 10.5 Å². The summed E-state index contributed by atoms with van der Waals surface area (Å²) in [5.74, 6) is 0. The molecule has 0 radical (unpaired) electrons. The molecular weight excluding hydrogens is 270 g/mol. The maximum Gasteiger partial charge on any atom is 0.412 e. The normalized spacial score (nSPS) is 12.1. The second-order valence-electron chi connectivity index (χ2n) is 5.10. The average molecular weight is 287 g/mol. The monoisotopic (exact) mass is 287 g/mol. The minimum Gasteiger partial charge on any atom is -0.444 e. The number of amides is 1. The Hall–Kier alpha value is -1.60. The van der Waals surface area contributed by atoms with E-state index in [1.165, 1.54) is 18.2 Å². The molecule has 6 nitrogen and oxygen atoms in total. The fourth-order valence-corrected chi connectivity index (χ4v) is 2.01. The number of carbonyl (C=O) groups excluding carboxylic acids is 1. The Morgan fingerprint density at radius 2 is 1.89 bits per heavy atom. The highest BCUT2D eigenvalue weighted by Crippen LogP contribution is 2.23. The highest BCUT2D eigenvalue weighted by Gasteiger charge is 2.20. The Bertz CT molecular complexity index is 587. The molecule has 7 heteroatoms. The first-order valence-electron chi connectivity index (χ1n) is 5.57. The minimum atomic E-state index is -4.41. The van der Waals surface area contributed by atoms with Crippen LogP contribution in [-0.4, -0.2) is 24.7 Å². The van der Waals surface area contributed by atoms with E-state index in [1.54, 1.807) is 27.7 Å². The van der Waals surface area contributed by atoms with Crippen LogP contribution in [0.3, 0.4) is 0 Å². The second kappa shape index (κ2) is 5.18. The van der Waals surface area contributed by atoms with Gasteiger partial charge in [0.05, 0.1) is 5.69 Å². The van der Waals surface area contributed by atoms with Crippen LogP contribution in [0.1, 0.15) is 26.3 Å². The molecule has 0 bridgehead atoms. The first-order chi connectivity index (χ1) is 8.49. The molecule has 1 aromatic carbocycles. The lowest BCUT2D eigenvalue weighted by molar-refractivity contribution is 0.0635. The third-order valence-corrected chi connectivity index (χ3v) is 2.96. The highest BCUT2D eigenvalue weighted by molar-refractivity contribution is 7.86. The number of anilines is 1. The minimum absolute atomic E-state index is 0.0169. The third-order valence-electron chi connectivity index (χ3n) is 2.05. The fraction of sp³-hybridized carbons (Fsp3) is 0.417. The van der Waals surface area contributed by atoms with Crippen molar-refractivity contribution in [2.45, 2.75) is 38.2 Å². The van der Waals surface area contributed by atoms with Crippen molar-refractivity contribution in [3.8, 4) is 0 Å². The average Bonchev–Trinajstić information content (AvgIpc) is 2.11. The molecule has 1 amide bonds. The van der Waals surface area contributed by atoms with Gasteiger partial charge >= 0.3 is 6.09 Å². The summed E-state index contributed by atoms with van der Waals surface area (Å²) in [6.07, 6.45) is -0.789. The molecule has 0 unspecified atom stereocenters. The lowest BCUT2D eigenvalue weighted by atomic mass is 10.2. The zero-order chi connectivity index (χ0) is 14.8. The Balaban J connectivity index is 3.07. The van der Waals surface area contributed by atoms with Gasteiger partial charge in [0.25, 0.3) is 10.1 Å². The zero-order valence-electron chi connectivity index (χ0n) is 11.2. The number of aryl methyl sites for hydroxylation is 1. The fourth-order valence-electron chi connectivity index (χ4n) is 1.38. The quantitative estimate of drug-likeness (QED) is 0.815. The van der Waals surface area contributed by atoms with Crippen LogP contribution in [0.2, 0.25) is 0 Å². The smallest absolute Gasteiger partial charge is 0.412 e. The van der Waals surface area contributed by atoms with E-state index < -0.39 is 21.8 Å². The lowest BCUT2D eigenvalue weighted by Crippen LogP contribution is -2.27. The van der Waals surface area contributed by atoms with Crippen LogP contribution < -0.4 is 5.32 Å². The summed E-state index contributed by atoms with van der Waals surface area (Å²) in [7, 11) is -4.41. The van der Waals surface area contributed by atoms with Crippen molar-refractivity contribution in [1.29, 1.82) is 0 Å². The molecule has 0 saturated carbocycles. The van der Waals surface area contributed by atoms with Crippen LogP contribution in [0.15, 0.2) is 23.1 Å². The van der Waals surface area contributed by atoms with Crippen molar-refractivity contribution in [3.63, 3.8) is 0 Å². The molecule has 0 atom stereocenters. The molecule has 1 rings (SSSR count). The maximum atomic E-state index is 11.6. The summed E-state index contributed by atoms with van der Waals surface area (Å²) in [5, 5.41) is 2.31. The largest absolute Gasteiger partial charge is 0.444 e. The van der Waals surface area contributed by atoms with Crippen molar-refractivity contribution >= 4 is 21.9 Å². The molecule has 2 N–H and O–H groups in total. The van der Waals surface area contributed by atoms with E-state index in [2.05, 4.69) is 5.32 Å². The first-order valence-corrected chi connectivity index (χ1v) is 7.01. The van der Waals surface area contributed by atoms with E-state index in [9.17, 15) is 13.2 Å². The molecule has 0 spiro atoms. The zero-order valence-corrected chi connectivity index (χ0v) is 12.0. The molecule has 0 aliphatic heterocycles. The summed E-state index contributed by atoms with van der Waals surface area (Å²) in [6.45, 7) is 6.79. The number of rotatable bonds is 2. The molecule has 1 aromatic rings. The van der Waals surface area contributed by atoms with E-state index in [0.29, 0.717) is 0 Å². The summed E-state index contributed by atoms with van der Waals surface area (Å²) in [4.78, 5) is 11.2. The summed E-state index contributed by atoms with van der Waals surface area (Å²) in [5.41, 5.74) is 0.0156. The Labute approximate surface area is 112 Å². The maximum absolute atomic E-state index is 11.6. The summed E-state index contributed by atoms with van der Waals surface area (Å²) < 4.78 is 36.5. The van der Waals surface area contributed by atoms with Crippen LogP contribution >= 0.6 is 0 Å². The molecule has 0 aliphatic rings. The number of ether oxygens (including phenoxy) is 1. The third kappa shape index (κ3) is 4.88. The standard InChI is InChI=1S/C12H17NO5S/c1-8-5-6-10(19(15,16)17)9(7-8)13-11(14)18-12(2,3)4/h5-7H,1-4H3,(H,13,14)(H,15,16,17). The van der Waals surface area contributed by atoms with Crippen LogP contribution in [0.5, 0.6) is 0 Å². The van der Waals surface area contributed by atoms with Gasteiger partial charge in [-0.2, -0.15) is 8.42 Å².